The molecule has 0 aromatic heterocycles. The highest BCUT2D eigenvalue weighted by Gasteiger charge is 2.44. The SMILES string of the molecule is C=CCc1cc(CCC(=O)O)ccc1C#C[C@@]1(O)CN2CCC1CC2.Cl. The highest BCUT2D eigenvalue weighted by atomic mass is 35.5. The summed E-state index contributed by atoms with van der Waals surface area (Å²) in [6.07, 6.45) is 5.16. The number of benzene rings is 1. The Bertz CT molecular complexity index is 729. The van der Waals surface area contributed by atoms with Crippen molar-refractivity contribution in [1.29, 1.82) is 0 Å². The fourth-order valence-corrected chi connectivity index (χ4v) is 3.86. The van der Waals surface area contributed by atoms with Crippen LogP contribution in [0.3, 0.4) is 0 Å². The maximum atomic E-state index is 10.9. The molecule has 3 saturated heterocycles. The average molecular weight is 376 g/mol. The van der Waals surface area contributed by atoms with Crippen LogP contribution < -0.4 is 0 Å². The molecular formula is C21H26ClNO3. The normalized spacial score (nSPS) is 26.3. The molecule has 140 valence electrons. The van der Waals surface area contributed by atoms with Crippen molar-refractivity contribution in [2.24, 2.45) is 5.92 Å². The molecule has 3 aliphatic heterocycles. The van der Waals surface area contributed by atoms with E-state index in [9.17, 15) is 9.90 Å². The lowest BCUT2D eigenvalue weighted by Gasteiger charge is -2.47. The number of aliphatic hydroxyl groups is 1. The van der Waals surface area contributed by atoms with Gasteiger partial charge in [0.25, 0.3) is 0 Å². The van der Waals surface area contributed by atoms with Crippen molar-refractivity contribution in [1.82, 2.24) is 4.90 Å². The van der Waals surface area contributed by atoms with Crippen molar-refractivity contribution >= 4 is 18.4 Å². The Balaban J connectivity index is 0.00000243. The van der Waals surface area contributed by atoms with Crippen LogP contribution in [-0.4, -0.2) is 46.3 Å². The smallest absolute Gasteiger partial charge is 0.303 e. The van der Waals surface area contributed by atoms with E-state index in [4.69, 9.17) is 5.11 Å². The largest absolute Gasteiger partial charge is 0.481 e. The third-order valence-corrected chi connectivity index (χ3v) is 5.30. The molecule has 3 aliphatic rings. The van der Waals surface area contributed by atoms with Gasteiger partial charge in [-0.1, -0.05) is 30.0 Å². The minimum absolute atomic E-state index is 0. The minimum atomic E-state index is -0.913. The molecule has 1 aromatic rings. The van der Waals surface area contributed by atoms with E-state index in [0.29, 0.717) is 19.4 Å². The Hall–Kier alpha value is -1.80. The molecule has 3 heterocycles. The first kappa shape index (κ1) is 20.5. The van der Waals surface area contributed by atoms with Gasteiger partial charge in [-0.2, -0.15) is 0 Å². The highest BCUT2D eigenvalue weighted by Crippen LogP contribution is 2.35. The number of hydrogen-bond donors (Lipinski definition) is 2. The number of rotatable bonds is 5. The molecule has 26 heavy (non-hydrogen) atoms. The first-order valence-electron chi connectivity index (χ1n) is 8.92. The number of nitrogens with zero attached hydrogens (tertiary/aromatic N) is 1. The third-order valence-electron chi connectivity index (χ3n) is 5.30. The summed E-state index contributed by atoms with van der Waals surface area (Å²) in [5.74, 6) is 5.82. The zero-order valence-corrected chi connectivity index (χ0v) is 15.7. The quantitative estimate of drug-likeness (QED) is 0.613. The van der Waals surface area contributed by atoms with Crippen LogP contribution in [0.2, 0.25) is 0 Å². The van der Waals surface area contributed by atoms with Crippen molar-refractivity contribution in [3.05, 3.63) is 47.5 Å². The van der Waals surface area contributed by atoms with Crippen molar-refractivity contribution < 1.29 is 15.0 Å². The molecule has 0 spiro atoms. The van der Waals surface area contributed by atoms with Gasteiger partial charge in [0.15, 0.2) is 0 Å². The lowest BCUT2D eigenvalue weighted by Crippen LogP contribution is -2.58. The molecular weight excluding hydrogens is 350 g/mol. The number of fused-ring (bicyclic) bond motifs is 3. The van der Waals surface area contributed by atoms with E-state index in [1.807, 2.05) is 24.3 Å². The first-order valence-corrected chi connectivity index (χ1v) is 8.92. The van der Waals surface area contributed by atoms with Crippen LogP contribution in [0.1, 0.15) is 36.0 Å². The second kappa shape index (κ2) is 8.73. The number of carboxylic acids is 1. The van der Waals surface area contributed by atoms with Gasteiger partial charge in [-0.15, -0.1) is 19.0 Å². The molecule has 0 aliphatic carbocycles. The van der Waals surface area contributed by atoms with E-state index in [-0.39, 0.29) is 24.7 Å². The first-order chi connectivity index (χ1) is 12.0. The van der Waals surface area contributed by atoms with Gasteiger partial charge < -0.3 is 10.2 Å². The molecule has 4 nitrogen and oxygen atoms in total. The molecule has 0 saturated carbocycles. The Morgan fingerprint density at radius 3 is 2.69 bits per heavy atom. The summed E-state index contributed by atoms with van der Waals surface area (Å²) in [5.41, 5.74) is 2.01. The zero-order valence-electron chi connectivity index (χ0n) is 14.9. The number of carbonyl (C=O) groups is 1. The van der Waals surface area contributed by atoms with Crippen molar-refractivity contribution in [2.75, 3.05) is 19.6 Å². The maximum absolute atomic E-state index is 10.9. The summed E-state index contributed by atoms with van der Waals surface area (Å²) >= 11 is 0. The molecule has 3 fully saturated rings. The fourth-order valence-electron chi connectivity index (χ4n) is 3.86. The summed E-state index contributed by atoms with van der Waals surface area (Å²) in [6.45, 7) is 6.56. The summed E-state index contributed by atoms with van der Waals surface area (Å²) in [5, 5.41) is 19.8. The molecule has 1 atom stereocenters. The Kier molecular flexibility index (Phi) is 6.88. The zero-order chi connectivity index (χ0) is 17.9. The third kappa shape index (κ3) is 4.67. The van der Waals surface area contributed by atoms with Crippen LogP contribution in [0, 0.1) is 17.8 Å². The van der Waals surface area contributed by atoms with Gasteiger partial charge in [0.1, 0.15) is 5.60 Å². The monoisotopic (exact) mass is 375 g/mol. The van der Waals surface area contributed by atoms with Gasteiger partial charge in [0, 0.05) is 24.4 Å². The van der Waals surface area contributed by atoms with Crippen molar-refractivity contribution in [2.45, 2.75) is 37.7 Å². The molecule has 2 N–H and O–H groups in total. The molecule has 0 radical (unpaired) electrons. The van der Waals surface area contributed by atoms with Gasteiger partial charge in [-0.3, -0.25) is 9.69 Å². The van der Waals surface area contributed by atoms with E-state index >= 15 is 0 Å². The molecule has 2 bridgehead atoms. The second-order valence-electron chi connectivity index (χ2n) is 7.10. The van der Waals surface area contributed by atoms with Crippen molar-refractivity contribution in [3.63, 3.8) is 0 Å². The number of hydrogen-bond acceptors (Lipinski definition) is 3. The van der Waals surface area contributed by atoms with Gasteiger partial charge >= 0.3 is 5.97 Å². The number of aryl methyl sites for hydroxylation is 1. The van der Waals surface area contributed by atoms with E-state index in [0.717, 1.165) is 42.6 Å². The molecule has 0 unspecified atom stereocenters. The number of piperidine rings is 3. The highest BCUT2D eigenvalue weighted by molar-refractivity contribution is 5.85. The Labute approximate surface area is 161 Å². The van der Waals surface area contributed by atoms with E-state index < -0.39 is 11.6 Å². The van der Waals surface area contributed by atoms with Crippen LogP contribution in [0.4, 0.5) is 0 Å². The summed E-state index contributed by atoms with van der Waals surface area (Å²) in [6, 6.07) is 5.88. The van der Waals surface area contributed by atoms with Gasteiger partial charge in [0.05, 0.1) is 0 Å². The number of aliphatic carboxylic acids is 1. The van der Waals surface area contributed by atoms with Crippen LogP contribution in [-0.2, 0) is 17.6 Å². The predicted octanol–water partition coefficient (Wildman–Crippen LogP) is 2.66. The molecule has 5 heteroatoms. The van der Waals surface area contributed by atoms with E-state index in [2.05, 4.69) is 23.3 Å². The topological polar surface area (TPSA) is 60.8 Å². The molecule has 0 amide bonds. The van der Waals surface area contributed by atoms with Crippen LogP contribution >= 0.6 is 12.4 Å². The standard InChI is InChI=1S/C21H25NO3.ClH/c1-2-3-18-14-16(5-7-20(23)24)4-6-17(18)8-11-21(25)15-22-12-9-19(21)10-13-22;/h2,4,6,14,19,25H,1,3,5,7,9-10,12-13,15H2,(H,23,24);1H/t21-;/m1./s1. The van der Waals surface area contributed by atoms with Crippen LogP contribution in [0.25, 0.3) is 0 Å². The van der Waals surface area contributed by atoms with Crippen LogP contribution in [0.15, 0.2) is 30.9 Å². The summed E-state index contributed by atoms with van der Waals surface area (Å²) in [4.78, 5) is 13.0. The second-order valence-corrected chi connectivity index (χ2v) is 7.10. The maximum Gasteiger partial charge on any atom is 0.303 e. The van der Waals surface area contributed by atoms with E-state index in [1.165, 1.54) is 0 Å². The van der Waals surface area contributed by atoms with E-state index in [1.54, 1.807) is 0 Å². The minimum Gasteiger partial charge on any atom is -0.481 e. The Morgan fingerprint density at radius 2 is 2.12 bits per heavy atom. The van der Waals surface area contributed by atoms with Gasteiger partial charge in [0.2, 0.25) is 0 Å². The van der Waals surface area contributed by atoms with Gasteiger partial charge in [-0.05, 0) is 56.0 Å². The molecule has 1 aromatic carbocycles. The number of halogens is 1. The number of carboxylic acid groups (broad SMARTS) is 1. The van der Waals surface area contributed by atoms with Crippen LogP contribution in [0.5, 0.6) is 0 Å². The summed E-state index contributed by atoms with van der Waals surface area (Å²) < 4.78 is 0. The average Bonchev–Trinajstić information content (AvgIpc) is 2.60. The van der Waals surface area contributed by atoms with Crippen molar-refractivity contribution in [3.8, 4) is 11.8 Å². The molecule has 4 rings (SSSR count). The lowest BCUT2D eigenvalue weighted by molar-refractivity contribution is -0.136. The Morgan fingerprint density at radius 1 is 1.38 bits per heavy atom. The fraction of sp³-hybridized carbons (Fsp3) is 0.476. The predicted molar refractivity (Wildman–Crippen MR) is 105 cm³/mol. The lowest BCUT2D eigenvalue weighted by atomic mass is 9.75. The van der Waals surface area contributed by atoms with Gasteiger partial charge in [-0.25, -0.2) is 0 Å². The number of allylic oxidation sites excluding steroid dienone is 1. The summed E-state index contributed by atoms with van der Waals surface area (Å²) in [7, 11) is 0.